The Kier molecular flexibility index (Phi) is 6.30. The van der Waals surface area contributed by atoms with Crippen molar-refractivity contribution in [3.8, 4) is 39.1 Å². The van der Waals surface area contributed by atoms with Crippen LogP contribution in [0.2, 0.25) is 0 Å². The number of aromatic nitrogens is 2. The second-order valence-electron chi connectivity index (χ2n) is 13.1. The molecule has 1 unspecified atom stereocenters. The summed E-state index contributed by atoms with van der Waals surface area (Å²) in [6.07, 6.45) is 14.2. The molecule has 0 amide bonds. The molecule has 0 saturated heterocycles. The molecule has 0 radical (unpaired) electrons. The first-order valence-electron chi connectivity index (χ1n) is 17.0. The van der Waals surface area contributed by atoms with E-state index in [-0.39, 0.29) is 0 Å². The van der Waals surface area contributed by atoms with Crippen LogP contribution in [0, 0.1) is 0 Å². The van der Waals surface area contributed by atoms with E-state index in [1.807, 2.05) is 0 Å². The number of para-hydroxylation sites is 1. The van der Waals surface area contributed by atoms with E-state index in [0.717, 1.165) is 12.1 Å². The van der Waals surface area contributed by atoms with Crippen LogP contribution >= 0.6 is 0 Å². The third-order valence-electron chi connectivity index (χ3n) is 10.2. The summed E-state index contributed by atoms with van der Waals surface area (Å²) < 4.78 is 4.92. The van der Waals surface area contributed by atoms with Gasteiger partial charge < -0.3 is 9.13 Å². The van der Waals surface area contributed by atoms with Gasteiger partial charge in [0.2, 0.25) is 0 Å². The van der Waals surface area contributed by atoms with Gasteiger partial charge in [-0.2, -0.15) is 0 Å². The molecule has 10 rings (SSSR count). The summed E-state index contributed by atoms with van der Waals surface area (Å²) in [5.74, 6) is 0. The lowest BCUT2D eigenvalue weighted by Gasteiger charge is -2.19. The van der Waals surface area contributed by atoms with Crippen LogP contribution in [0.25, 0.3) is 83.9 Å². The molecule has 49 heavy (non-hydrogen) atoms. The molecular formula is C47H32N2. The van der Waals surface area contributed by atoms with E-state index < -0.39 is 0 Å². The van der Waals surface area contributed by atoms with E-state index >= 15 is 0 Å². The van der Waals surface area contributed by atoms with Gasteiger partial charge in [-0.25, -0.2) is 0 Å². The summed E-state index contributed by atoms with van der Waals surface area (Å²) in [7, 11) is 0. The standard InChI is InChI=1S/C47H32N2/c1-4-13-32(14-5-1)36-27-37(33-15-6-2-7-16-33)29-39(28-36)49-44-21-11-10-19-40(44)42-30-35(24-26-47(42)49)34-23-25-46-43(31-34)41-20-12-22-45(41)48(46)38-17-8-3-9-18-38/h1-11,13-17,19-31,38H,18H2. The SMILES string of the molecule is C1=Cc2c(n(C3C=CC=CC3)c3ccc(-c4ccc5c(c4)c4ccccc4n5-c4cc(-c5ccccc5)cc(-c5ccccc5)c4)cc23)C=1. The van der Waals surface area contributed by atoms with Crippen molar-refractivity contribution in [3.63, 3.8) is 0 Å². The molecule has 0 N–H and O–H groups in total. The predicted octanol–water partition coefficient (Wildman–Crippen LogP) is 12.4. The molecule has 230 valence electrons. The summed E-state index contributed by atoms with van der Waals surface area (Å²) in [4.78, 5) is 0. The predicted molar refractivity (Wildman–Crippen MR) is 207 cm³/mol. The molecule has 2 aromatic heterocycles. The molecule has 2 aliphatic carbocycles. The molecule has 0 bridgehead atoms. The highest BCUT2D eigenvalue weighted by molar-refractivity contribution is 6.11. The smallest absolute Gasteiger partial charge is 0.0581 e. The second kappa shape index (κ2) is 11.1. The van der Waals surface area contributed by atoms with Crippen molar-refractivity contribution in [3.05, 3.63) is 181 Å². The van der Waals surface area contributed by atoms with Crippen molar-refractivity contribution in [2.45, 2.75) is 12.5 Å². The second-order valence-corrected chi connectivity index (χ2v) is 13.1. The summed E-state index contributed by atoms with van der Waals surface area (Å²) in [5, 5.41) is 3.79. The van der Waals surface area contributed by atoms with E-state index in [9.17, 15) is 0 Å². The number of hydrogen-bond donors (Lipinski definition) is 0. The first kappa shape index (κ1) is 27.7. The normalized spacial score (nSPS) is 14.8. The Morgan fingerprint density at radius 3 is 1.86 bits per heavy atom. The number of benzene rings is 6. The lowest BCUT2D eigenvalue weighted by molar-refractivity contribution is 0.625. The average molecular weight is 625 g/mol. The van der Waals surface area contributed by atoms with Gasteiger partial charge in [-0.15, -0.1) is 5.73 Å². The minimum atomic E-state index is 0.317. The van der Waals surface area contributed by atoms with Gasteiger partial charge in [0.05, 0.1) is 22.8 Å². The molecule has 8 aromatic rings. The van der Waals surface area contributed by atoms with Crippen LogP contribution in [0.5, 0.6) is 0 Å². The highest BCUT2D eigenvalue weighted by Crippen LogP contribution is 2.40. The monoisotopic (exact) mass is 624 g/mol. The molecule has 0 saturated carbocycles. The molecule has 0 fully saturated rings. The molecule has 2 heteroatoms. The zero-order valence-corrected chi connectivity index (χ0v) is 26.9. The Morgan fingerprint density at radius 1 is 0.490 bits per heavy atom. The van der Waals surface area contributed by atoms with Crippen LogP contribution in [-0.2, 0) is 0 Å². The average Bonchev–Trinajstić information content (AvgIpc) is 3.87. The quantitative estimate of drug-likeness (QED) is 0.169. The van der Waals surface area contributed by atoms with Gasteiger partial charge >= 0.3 is 0 Å². The molecule has 2 heterocycles. The Hall–Kier alpha value is -6.34. The number of rotatable bonds is 5. The zero-order valence-electron chi connectivity index (χ0n) is 26.9. The first-order valence-corrected chi connectivity index (χ1v) is 17.0. The van der Waals surface area contributed by atoms with Crippen LogP contribution < -0.4 is 0 Å². The third kappa shape index (κ3) is 4.50. The minimum Gasteiger partial charge on any atom is -0.333 e. The molecule has 1 atom stereocenters. The summed E-state index contributed by atoms with van der Waals surface area (Å²) in [5.41, 5.74) is 18.0. The maximum Gasteiger partial charge on any atom is 0.0581 e. The largest absolute Gasteiger partial charge is 0.333 e. The van der Waals surface area contributed by atoms with Crippen molar-refractivity contribution in [1.82, 2.24) is 9.13 Å². The number of hydrogen-bond acceptors (Lipinski definition) is 0. The first-order chi connectivity index (χ1) is 24.3. The zero-order chi connectivity index (χ0) is 32.3. The maximum atomic E-state index is 3.37. The van der Waals surface area contributed by atoms with Crippen LogP contribution in [-0.4, -0.2) is 9.13 Å². The van der Waals surface area contributed by atoms with Gasteiger partial charge in [0.1, 0.15) is 0 Å². The van der Waals surface area contributed by atoms with E-state index in [1.54, 1.807) is 0 Å². The van der Waals surface area contributed by atoms with Crippen molar-refractivity contribution >= 4 is 44.9 Å². The van der Waals surface area contributed by atoms with Crippen molar-refractivity contribution in [2.75, 3.05) is 0 Å². The third-order valence-corrected chi connectivity index (χ3v) is 10.2. The van der Waals surface area contributed by atoms with Crippen LogP contribution in [0.4, 0.5) is 0 Å². The fourth-order valence-corrected chi connectivity index (χ4v) is 7.92. The Morgan fingerprint density at radius 2 is 1.14 bits per heavy atom. The molecule has 2 aliphatic rings. The van der Waals surface area contributed by atoms with Gasteiger partial charge in [0.25, 0.3) is 0 Å². The van der Waals surface area contributed by atoms with E-state index in [0.29, 0.717) is 6.04 Å². The molecule has 0 aliphatic heterocycles. The maximum absolute atomic E-state index is 3.37. The summed E-state index contributed by atoms with van der Waals surface area (Å²) >= 11 is 0. The molecular weight excluding hydrogens is 593 g/mol. The van der Waals surface area contributed by atoms with E-state index in [2.05, 4.69) is 191 Å². The Bertz CT molecular complexity index is 2650. The van der Waals surface area contributed by atoms with Crippen LogP contribution in [0.1, 0.15) is 23.7 Å². The highest BCUT2D eigenvalue weighted by Gasteiger charge is 2.22. The lowest BCUT2D eigenvalue weighted by atomic mass is 9.98. The number of fused-ring (bicyclic) bond motifs is 6. The van der Waals surface area contributed by atoms with Crippen LogP contribution in [0.15, 0.2) is 170 Å². The topological polar surface area (TPSA) is 9.86 Å². The van der Waals surface area contributed by atoms with Crippen molar-refractivity contribution in [1.29, 1.82) is 0 Å². The van der Waals surface area contributed by atoms with E-state index in [1.165, 1.54) is 77.3 Å². The minimum absolute atomic E-state index is 0.317. The molecule has 0 spiro atoms. The fourth-order valence-electron chi connectivity index (χ4n) is 7.92. The van der Waals surface area contributed by atoms with Crippen molar-refractivity contribution in [2.24, 2.45) is 0 Å². The van der Waals surface area contributed by atoms with Gasteiger partial charge in [-0.05, 0) is 94.4 Å². The highest BCUT2D eigenvalue weighted by atomic mass is 15.0. The summed E-state index contributed by atoms with van der Waals surface area (Å²) in [6.45, 7) is 0. The fraction of sp³-hybridized carbons (Fsp3) is 0.0426. The van der Waals surface area contributed by atoms with Gasteiger partial charge in [-0.3, -0.25) is 0 Å². The van der Waals surface area contributed by atoms with E-state index in [4.69, 9.17) is 0 Å². The van der Waals surface area contributed by atoms with Gasteiger partial charge in [-0.1, -0.05) is 115 Å². The Labute approximate surface area is 285 Å². The van der Waals surface area contributed by atoms with Gasteiger partial charge in [0, 0.05) is 39.0 Å². The number of nitrogens with zero attached hydrogens (tertiary/aromatic N) is 2. The van der Waals surface area contributed by atoms with Crippen LogP contribution in [0.3, 0.4) is 0 Å². The lowest BCUT2D eigenvalue weighted by Crippen LogP contribution is -2.08. The van der Waals surface area contributed by atoms with Crippen molar-refractivity contribution < 1.29 is 0 Å². The summed E-state index contributed by atoms with van der Waals surface area (Å²) in [6, 6.07) is 51.5. The number of allylic oxidation sites excluding steroid dienone is 4. The Balaban J connectivity index is 1.15. The molecule has 2 nitrogen and oxygen atoms in total. The molecule has 6 aromatic carbocycles. The van der Waals surface area contributed by atoms with Gasteiger partial charge in [0.15, 0.2) is 0 Å².